The Kier molecular flexibility index (Phi) is 6.43. The first-order chi connectivity index (χ1) is 10.7. The molecule has 5 heteroatoms. The first-order valence-corrected chi connectivity index (χ1v) is 7.73. The summed E-state index contributed by atoms with van der Waals surface area (Å²) in [6.45, 7) is 1.35. The molecule has 0 aliphatic rings. The molecule has 0 fully saturated rings. The molecule has 0 heterocycles. The molecular weight excluding hydrogens is 346 g/mol. The largest absolute Gasteiger partial charge is 0.488 e. The zero-order valence-corrected chi connectivity index (χ0v) is 13.9. The van der Waals surface area contributed by atoms with E-state index in [2.05, 4.69) is 21.2 Å². The monoisotopic (exact) mass is 363 g/mol. The Labute approximate surface area is 138 Å². The van der Waals surface area contributed by atoms with Crippen LogP contribution in [0.2, 0.25) is 0 Å². The van der Waals surface area contributed by atoms with Crippen molar-refractivity contribution in [2.75, 3.05) is 20.3 Å². The second kappa shape index (κ2) is 8.56. The van der Waals surface area contributed by atoms with E-state index in [1.54, 1.807) is 19.2 Å². The quantitative estimate of drug-likeness (QED) is 0.766. The van der Waals surface area contributed by atoms with Crippen molar-refractivity contribution in [3.05, 3.63) is 64.1 Å². The van der Waals surface area contributed by atoms with E-state index in [-0.39, 0.29) is 5.91 Å². The van der Waals surface area contributed by atoms with Crippen LogP contribution in [-0.4, -0.2) is 26.2 Å². The van der Waals surface area contributed by atoms with Gasteiger partial charge in [-0.3, -0.25) is 4.79 Å². The molecule has 2 aromatic rings. The van der Waals surface area contributed by atoms with Crippen LogP contribution in [0.5, 0.6) is 5.75 Å². The number of amides is 1. The number of rotatable bonds is 7. The standard InChI is InChI=1S/C17H18BrNO3/c1-21-10-9-19-17(20)15-7-2-3-8-16(15)22-12-13-5-4-6-14(18)11-13/h2-8,11H,9-10,12H2,1H3,(H,19,20). The minimum atomic E-state index is -0.165. The Morgan fingerprint density at radius 2 is 2.00 bits per heavy atom. The fraction of sp³-hybridized carbons (Fsp3) is 0.235. The number of para-hydroxylation sites is 1. The van der Waals surface area contributed by atoms with Gasteiger partial charge in [-0.05, 0) is 29.8 Å². The first-order valence-electron chi connectivity index (χ1n) is 6.94. The second-order valence-electron chi connectivity index (χ2n) is 4.66. The van der Waals surface area contributed by atoms with Crippen LogP contribution in [0.15, 0.2) is 53.0 Å². The van der Waals surface area contributed by atoms with Crippen LogP contribution in [-0.2, 0) is 11.3 Å². The average Bonchev–Trinajstić information content (AvgIpc) is 2.53. The van der Waals surface area contributed by atoms with E-state index in [1.165, 1.54) is 0 Å². The van der Waals surface area contributed by atoms with E-state index in [4.69, 9.17) is 9.47 Å². The lowest BCUT2D eigenvalue weighted by molar-refractivity contribution is 0.0932. The molecule has 22 heavy (non-hydrogen) atoms. The Bertz CT molecular complexity index is 631. The van der Waals surface area contributed by atoms with Crippen LogP contribution < -0.4 is 10.1 Å². The van der Waals surface area contributed by atoms with Crippen LogP contribution in [0.1, 0.15) is 15.9 Å². The summed E-state index contributed by atoms with van der Waals surface area (Å²) in [6, 6.07) is 15.1. The highest BCUT2D eigenvalue weighted by molar-refractivity contribution is 9.10. The Hall–Kier alpha value is -1.85. The number of carbonyl (C=O) groups is 1. The van der Waals surface area contributed by atoms with Gasteiger partial charge in [-0.1, -0.05) is 40.2 Å². The fourth-order valence-electron chi connectivity index (χ4n) is 1.93. The third-order valence-electron chi connectivity index (χ3n) is 3.01. The second-order valence-corrected chi connectivity index (χ2v) is 5.58. The number of nitrogens with one attached hydrogen (secondary N) is 1. The Morgan fingerprint density at radius 3 is 2.77 bits per heavy atom. The van der Waals surface area contributed by atoms with Crippen molar-refractivity contribution >= 4 is 21.8 Å². The SMILES string of the molecule is COCCNC(=O)c1ccccc1OCc1cccc(Br)c1. The van der Waals surface area contributed by atoms with Gasteiger partial charge in [-0.15, -0.1) is 0 Å². The van der Waals surface area contributed by atoms with E-state index in [1.807, 2.05) is 36.4 Å². The highest BCUT2D eigenvalue weighted by Crippen LogP contribution is 2.20. The topological polar surface area (TPSA) is 47.6 Å². The smallest absolute Gasteiger partial charge is 0.255 e. The molecule has 116 valence electrons. The van der Waals surface area contributed by atoms with Crippen molar-refractivity contribution in [2.24, 2.45) is 0 Å². The molecule has 0 spiro atoms. The molecule has 4 nitrogen and oxygen atoms in total. The van der Waals surface area contributed by atoms with E-state index < -0.39 is 0 Å². The highest BCUT2D eigenvalue weighted by Gasteiger charge is 2.11. The molecule has 1 amide bonds. The van der Waals surface area contributed by atoms with Crippen molar-refractivity contribution < 1.29 is 14.3 Å². The van der Waals surface area contributed by atoms with Gasteiger partial charge in [-0.2, -0.15) is 0 Å². The molecular formula is C17H18BrNO3. The molecule has 0 aliphatic carbocycles. The van der Waals surface area contributed by atoms with Gasteiger partial charge in [0.2, 0.25) is 0 Å². The molecule has 1 N–H and O–H groups in total. The lowest BCUT2D eigenvalue weighted by Gasteiger charge is -2.12. The summed E-state index contributed by atoms with van der Waals surface area (Å²) in [7, 11) is 1.60. The van der Waals surface area contributed by atoms with E-state index >= 15 is 0 Å². The number of ether oxygens (including phenoxy) is 2. The number of halogens is 1. The van der Waals surface area contributed by atoms with Gasteiger partial charge in [0, 0.05) is 18.1 Å². The minimum absolute atomic E-state index is 0.165. The van der Waals surface area contributed by atoms with Crippen LogP contribution in [0, 0.1) is 0 Å². The molecule has 0 unspecified atom stereocenters. The van der Waals surface area contributed by atoms with E-state index in [0.717, 1.165) is 10.0 Å². The molecule has 2 rings (SSSR count). The molecule has 0 bridgehead atoms. The van der Waals surface area contributed by atoms with Crippen LogP contribution in [0.3, 0.4) is 0 Å². The van der Waals surface area contributed by atoms with Crippen LogP contribution >= 0.6 is 15.9 Å². The van der Waals surface area contributed by atoms with E-state index in [0.29, 0.717) is 31.1 Å². The third kappa shape index (κ3) is 4.86. The van der Waals surface area contributed by atoms with Gasteiger partial charge in [0.1, 0.15) is 12.4 Å². The predicted molar refractivity (Wildman–Crippen MR) is 89.1 cm³/mol. The molecule has 2 aromatic carbocycles. The van der Waals surface area contributed by atoms with Crippen molar-refractivity contribution in [1.29, 1.82) is 0 Å². The van der Waals surface area contributed by atoms with Gasteiger partial charge in [0.05, 0.1) is 12.2 Å². The van der Waals surface area contributed by atoms with Gasteiger partial charge < -0.3 is 14.8 Å². The Balaban J connectivity index is 2.03. The summed E-state index contributed by atoms with van der Waals surface area (Å²) in [4.78, 5) is 12.2. The summed E-state index contributed by atoms with van der Waals surface area (Å²) in [5, 5.41) is 2.80. The summed E-state index contributed by atoms with van der Waals surface area (Å²) in [5.41, 5.74) is 1.55. The highest BCUT2D eigenvalue weighted by atomic mass is 79.9. The van der Waals surface area contributed by atoms with Gasteiger partial charge in [0.25, 0.3) is 5.91 Å². The van der Waals surface area contributed by atoms with Gasteiger partial charge in [0.15, 0.2) is 0 Å². The van der Waals surface area contributed by atoms with Gasteiger partial charge >= 0.3 is 0 Å². The maximum Gasteiger partial charge on any atom is 0.255 e. The van der Waals surface area contributed by atoms with E-state index in [9.17, 15) is 4.79 Å². The number of hydrogen-bond donors (Lipinski definition) is 1. The fourth-order valence-corrected chi connectivity index (χ4v) is 2.38. The number of hydrogen-bond acceptors (Lipinski definition) is 3. The maximum absolute atomic E-state index is 12.2. The maximum atomic E-state index is 12.2. The number of methoxy groups -OCH3 is 1. The molecule has 0 atom stereocenters. The third-order valence-corrected chi connectivity index (χ3v) is 3.50. The minimum Gasteiger partial charge on any atom is -0.488 e. The summed E-state index contributed by atoms with van der Waals surface area (Å²) in [5.74, 6) is 0.402. The average molecular weight is 364 g/mol. The molecule has 0 saturated carbocycles. The summed E-state index contributed by atoms with van der Waals surface area (Å²) in [6.07, 6.45) is 0. The van der Waals surface area contributed by atoms with Crippen LogP contribution in [0.4, 0.5) is 0 Å². The molecule has 0 aromatic heterocycles. The summed E-state index contributed by atoms with van der Waals surface area (Å²) >= 11 is 3.43. The number of carbonyl (C=O) groups excluding carboxylic acids is 1. The van der Waals surface area contributed by atoms with Crippen molar-refractivity contribution in [3.8, 4) is 5.75 Å². The number of benzene rings is 2. The molecule has 0 radical (unpaired) electrons. The predicted octanol–water partition coefficient (Wildman–Crippen LogP) is 3.40. The molecule has 0 aliphatic heterocycles. The summed E-state index contributed by atoms with van der Waals surface area (Å²) < 4.78 is 11.7. The molecule has 0 saturated heterocycles. The lowest BCUT2D eigenvalue weighted by atomic mass is 10.2. The lowest BCUT2D eigenvalue weighted by Crippen LogP contribution is -2.27. The zero-order valence-electron chi connectivity index (χ0n) is 12.3. The van der Waals surface area contributed by atoms with Crippen molar-refractivity contribution in [3.63, 3.8) is 0 Å². The van der Waals surface area contributed by atoms with Gasteiger partial charge in [-0.25, -0.2) is 0 Å². The normalized spacial score (nSPS) is 10.3. The van der Waals surface area contributed by atoms with Crippen molar-refractivity contribution in [2.45, 2.75) is 6.61 Å². The first kappa shape index (κ1) is 16.5. The Morgan fingerprint density at radius 1 is 1.18 bits per heavy atom. The van der Waals surface area contributed by atoms with Crippen LogP contribution in [0.25, 0.3) is 0 Å². The van der Waals surface area contributed by atoms with Crippen molar-refractivity contribution in [1.82, 2.24) is 5.32 Å². The zero-order chi connectivity index (χ0) is 15.8.